The minimum absolute atomic E-state index is 0.0482. The zero-order valence-corrected chi connectivity index (χ0v) is 12.2. The number of non-ortho nitro benzene ring substituents is 1. The minimum Gasteiger partial charge on any atom is -0.348 e. The third kappa shape index (κ3) is 4.82. The fraction of sp³-hybridized carbons (Fsp3) is 0.533. The van der Waals surface area contributed by atoms with E-state index >= 15 is 0 Å². The summed E-state index contributed by atoms with van der Waals surface area (Å²) < 4.78 is 0. The molecule has 1 atom stereocenters. The maximum absolute atomic E-state index is 11.9. The van der Waals surface area contributed by atoms with Gasteiger partial charge in [-0.1, -0.05) is 19.1 Å². The molecule has 1 unspecified atom stereocenters. The molecule has 2 rings (SSSR count). The van der Waals surface area contributed by atoms with Gasteiger partial charge in [-0.15, -0.1) is 0 Å². The van der Waals surface area contributed by atoms with Crippen molar-refractivity contribution in [2.24, 2.45) is 5.92 Å². The van der Waals surface area contributed by atoms with Gasteiger partial charge in [-0.05, 0) is 37.3 Å². The largest absolute Gasteiger partial charge is 0.348 e. The maximum atomic E-state index is 11.9. The highest BCUT2D eigenvalue weighted by molar-refractivity contribution is 5.78. The van der Waals surface area contributed by atoms with Crippen molar-refractivity contribution in [1.82, 2.24) is 10.6 Å². The molecule has 0 bridgehead atoms. The SMILES string of the molecule is CCC(NC(=O)CNCC1CC1)c1cccc([N+](=O)[O-])c1. The van der Waals surface area contributed by atoms with Gasteiger partial charge in [-0.2, -0.15) is 0 Å². The highest BCUT2D eigenvalue weighted by Gasteiger charge is 2.21. The second kappa shape index (κ2) is 7.17. The van der Waals surface area contributed by atoms with Gasteiger partial charge >= 0.3 is 0 Å². The molecule has 0 aromatic heterocycles. The average molecular weight is 291 g/mol. The Labute approximate surface area is 124 Å². The Balaban J connectivity index is 1.90. The van der Waals surface area contributed by atoms with Crippen molar-refractivity contribution >= 4 is 11.6 Å². The lowest BCUT2D eigenvalue weighted by molar-refractivity contribution is -0.384. The molecule has 1 aromatic carbocycles. The summed E-state index contributed by atoms with van der Waals surface area (Å²) in [7, 11) is 0. The number of nitro groups is 1. The van der Waals surface area contributed by atoms with Crippen LogP contribution in [0.5, 0.6) is 0 Å². The minimum atomic E-state index is -0.421. The molecular formula is C15H21N3O3. The molecule has 1 fully saturated rings. The van der Waals surface area contributed by atoms with Crippen LogP contribution >= 0.6 is 0 Å². The predicted molar refractivity (Wildman–Crippen MR) is 79.9 cm³/mol. The number of rotatable bonds is 8. The summed E-state index contributed by atoms with van der Waals surface area (Å²) in [5.74, 6) is 0.658. The van der Waals surface area contributed by atoms with Crippen molar-refractivity contribution in [2.75, 3.05) is 13.1 Å². The van der Waals surface area contributed by atoms with Gasteiger partial charge in [-0.25, -0.2) is 0 Å². The van der Waals surface area contributed by atoms with Crippen LogP contribution in [0, 0.1) is 16.0 Å². The maximum Gasteiger partial charge on any atom is 0.269 e. The van der Waals surface area contributed by atoms with E-state index in [1.54, 1.807) is 12.1 Å². The lowest BCUT2D eigenvalue weighted by Gasteiger charge is -2.17. The molecule has 0 radical (unpaired) electrons. The first kappa shape index (κ1) is 15.4. The number of nitrogens with one attached hydrogen (secondary N) is 2. The van der Waals surface area contributed by atoms with E-state index in [4.69, 9.17) is 0 Å². The smallest absolute Gasteiger partial charge is 0.269 e. The highest BCUT2D eigenvalue weighted by atomic mass is 16.6. The van der Waals surface area contributed by atoms with Crippen molar-refractivity contribution in [3.8, 4) is 0 Å². The van der Waals surface area contributed by atoms with Crippen molar-refractivity contribution in [3.63, 3.8) is 0 Å². The molecule has 1 aromatic rings. The number of hydrogen-bond donors (Lipinski definition) is 2. The Morgan fingerprint density at radius 1 is 1.48 bits per heavy atom. The van der Waals surface area contributed by atoms with Crippen molar-refractivity contribution < 1.29 is 9.72 Å². The van der Waals surface area contributed by atoms with E-state index in [0.717, 1.165) is 18.0 Å². The number of carbonyl (C=O) groups is 1. The van der Waals surface area contributed by atoms with E-state index in [1.165, 1.54) is 25.0 Å². The summed E-state index contributed by atoms with van der Waals surface area (Å²) in [6, 6.07) is 6.23. The topological polar surface area (TPSA) is 84.3 Å². The van der Waals surface area contributed by atoms with Crippen LogP contribution in [0.15, 0.2) is 24.3 Å². The summed E-state index contributed by atoms with van der Waals surface area (Å²) >= 11 is 0. The second-order valence-electron chi connectivity index (χ2n) is 5.45. The van der Waals surface area contributed by atoms with Crippen LogP contribution in [-0.2, 0) is 4.79 Å². The van der Waals surface area contributed by atoms with E-state index < -0.39 is 4.92 Å². The van der Waals surface area contributed by atoms with Gasteiger partial charge in [0, 0.05) is 12.1 Å². The molecule has 6 nitrogen and oxygen atoms in total. The monoisotopic (exact) mass is 291 g/mol. The van der Waals surface area contributed by atoms with Gasteiger partial charge in [0.1, 0.15) is 0 Å². The van der Waals surface area contributed by atoms with Gasteiger partial charge in [0.2, 0.25) is 5.91 Å². The van der Waals surface area contributed by atoms with Crippen LogP contribution in [-0.4, -0.2) is 23.9 Å². The molecule has 0 saturated heterocycles. The first-order valence-corrected chi connectivity index (χ1v) is 7.34. The normalized spacial score (nSPS) is 15.5. The molecule has 1 amide bonds. The van der Waals surface area contributed by atoms with E-state index in [9.17, 15) is 14.9 Å². The second-order valence-corrected chi connectivity index (χ2v) is 5.45. The Kier molecular flexibility index (Phi) is 5.27. The van der Waals surface area contributed by atoms with Crippen LogP contribution in [0.25, 0.3) is 0 Å². The fourth-order valence-corrected chi connectivity index (χ4v) is 2.23. The number of nitro benzene ring substituents is 1. The molecule has 21 heavy (non-hydrogen) atoms. The summed E-state index contributed by atoms with van der Waals surface area (Å²) in [6.07, 6.45) is 3.19. The number of benzene rings is 1. The van der Waals surface area contributed by atoms with Gasteiger partial charge in [0.15, 0.2) is 0 Å². The number of nitrogens with zero attached hydrogens (tertiary/aromatic N) is 1. The van der Waals surface area contributed by atoms with Crippen molar-refractivity contribution in [3.05, 3.63) is 39.9 Å². The lowest BCUT2D eigenvalue weighted by atomic mass is 10.0. The Morgan fingerprint density at radius 2 is 2.24 bits per heavy atom. The zero-order valence-electron chi connectivity index (χ0n) is 12.2. The third-order valence-electron chi connectivity index (χ3n) is 3.64. The molecule has 2 N–H and O–H groups in total. The third-order valence-corrected chi connectivity index (χ3v) is 3.64. The average Bonchev–Trinajstić information content (AvgIpc) is 3.29. The predicted octanol–water partition coefficient (Wildman–Crippen LogP) is 2.16. The number of carbonyl (C=O) groups excluding carboxylic acids is 1. The first-order chi connectivity index (χ1) is 10.1. The van der Waals surface area contributed by atoms with E-state index in [0.29, 0.717) is 13.0 Å². The molecule has 1 saturated carbocycles. The van der Waals surface area contributed by atoms with Crippen LogP contribution in [0.3, 0.4) is 0 Å². The van der Waals surface area contributed by atoms with Crippen molar-refractivity contribution in [2.45, 2.75) is 32.2 Å². The van der Waals surface area contributed by atoms with E-state index in [2.05, 4.69) is 10.6 Å². The number of hydrogen-bond acceptors (Lipinski definition) is 4. The summed E-state index contributed by atoms with van der Waals surface area (Å²) in [6.45, 7) is 3.13. The first-order valence-electron chi connectivity index (χ1n) is 7.34. The van der Waals surface area contributed by atoms with Gasteiger partial charge in [0.25, 0.3) is 5.69 Å². The van der Waals surface area contributed by atoms with Gasteiger partial charge < -0.3 is 10.6 Å². The van der Waals surface area contributed by atoms with Crippen LogP contribution in [0.2, 0.25) is 0 Å². The lowest BCUT2D eigenvalue weighted by Crippen LogP contribution is -2.36. The summed E-state index contributed by atoms with van der Waals surface area (Å²) in [5, 5.41) is 16.9. The Morgan fingerprint density at radius 3 is 2.86 bits per heavy atom. The van der Waals surface area contributed by atoms with E-state index in [-0.39, 0.29) is 17.6 Å². The van der Waals surface area contributed by atoms with Crippen LogP contribution in [0.1, 0.15) is 37.8 Å². The number of amides is 1. The molecule has 0 aliphatic heterocycles. The standard InChI is InChI=1S/C15H21N3O3/c1-2-14(12-4-3-5-13(8-12)18(20)21)17-15(19)10-16-9-11-6-7-11/h3-5,8,11,14,16H,2,6-7,9-10H2,1H3,(H,17,19). The molecular weight excluding hydrogens is 270 g/mol. The van der Waals surface area contributed by atoms with Crippen LogP contribution in [0.4, 0.5) is 5.69 Å². The zero-order chi connectivity index (χ0) is 15.2. The van der Waals surface area contributed by atoms with Crippen LogP contribution < -0.4 is 10.6 Å². The fourth-order valence-electron chi connectivity index (χ4n) is 2.23. The summed E-state index contributed by atoms with van der Waals surface area (Å²) in [4.78, 5) is 22.3. The molecule has 1 aliphatic rings. The highest BCUT2D eigenvalue weighted by Crippen LogP contribution is 2.27. The Hall–Kier alpha value is -1.95. The quantitative estimate of drug-likeness (QED) is 0.568. The molecule has 6 heteroatoms. The van der Waals surface area contributed by atoms with Crippen molar-refractivity contribution in [1.29, 1.82) is 0 Å². The van der Waals surface area contributed by atoms with Gasteiger partial charge in [-0.3, -0.25) is 14.9 Å². The summed E-state index contributed by atoms with van der Waals surface area (Å²) in [5.41, 5.74) is 0.814. The molecule has 1 aliphatic carbocycles. The van der Waals surface area contributed by atoms with E-state index in [1.807, 2.05) is 6.92 Å². The Bertz CT molecular complexity index is 515. The molecule has 0 spiro atoms. The van der Waals surface area contributed by atoms with Gasteiger partial charge in [0.05, 0.1) is 17.5 Å². The molecule has 114 valence electrons. The molecule has 0 heterocycles.